The van der Waals surface area contributed by atoms with Crippen molar-refractivity contribution in [2.24, 2.45) is 0 Å². The fourth-order valence-corrected chi connectivity index (χ4v) is 0.917. The summed E-state index contributed by atoms with van der Waals surface area (Å²) in [5.74, 6) is -0.868. The van der Waals surface area contributed by atoms with Crippen molar-refractivity contribution in [2.45, 2.75) is 25.7 Å². The second kappa shape index (κ2) is 6.66. The van der Waals surface area contributed by atoms with Crippen LogP contribution in [0, 0.1) is 0 Å². The highest BCUT2D eigenvalue weighted by atomic mass is 32.2. The number of rotatable bonds is 6. The van der Waals surface area contributed by atoms with E-state index in [0.717, 1.165) is 6.08 Å². The lowest BCUT2D eigenvalue weighted by Gasteiger charge is -2.21. The molecule has 0 aliphatic heterocycles. The van der Waals surface area contributed by atoms with E-state index < -0.39 is 29.7 Å². The molecule has 3 atom stereocenters. The van der Waals surface area contributed by atoms with Crippen LogP contribution in [0.4, 0.5) is 0 Å². The number of ether oxygens (including phenoxy) is 1. The molecular weight excluding hydrogens is 212 g/mol. The van der Waals surface area contributed by atoms with Crippen LogP contribution in [0.1, 0.15) is 13.3 Å². The summed E-state index contributed by atoms with van der Waals surface area (Å²) in [6.45, 7) is 4.69. The van der Waals surface area contributed by atoms with E-state index >= 15 is 0 Å². The first kappa shape index (κ1) is 13.2. The summed E-state index contributed by atoms with van der Waals surface area (Å²) in [6, 6.07) is 0. The van der Waals surface area contributed by atoms with Crippen LogP contribution in [0.2, 0.25) is 0 Å². The van der Waals surface area contributed by atoms with Gasteiger partial charge in [0.25, 0.3) is 0 Å². The van der Waals surface area contributed by atoms with Gasteiger partial charge in [0.15, 0.2) is 0 Å². The van der Waals surface area contributed by atoms with Crippen LogP contribution in [0.5, 0.6) is 0 Å². The van der Waals surface area contributed by atoms with Crippen molar-refractivity contribution in [1.82, 2.24) is 0 Å². The Hall–Kier alpha value is -0.760. The highest BCUT2D eigenvalue weighted by Gasteiger charge is 2.22. The van der Waals surface area contributed by atoms with E-state index in [1.54, 1.807) is 6.92 Å². The fraction of sp³-hybridized carbons (Fsp3) is 0.571. The first-order chi connectivity index (χ1) is 6.51. The molecule has 0 heterocycles. The average Bonchev–Trinajstić information content (AvgIpc) is 2.14. The molecular formula is C7H11O6S-. The van der Waals surface area contributed by atoms with Crippen LogP contribution in [0.3, 0.4) is 0 Å². The lowest BCUT2D eigenvalue weighted by molar-refractivity contribution is -0.173. The molecule has 0 spiro atoms. The van der Waals surface area contributed by atoms with Gasteiger partial charge in [-0.15, -0.1) is 0 Å². The van der Waals surface area contributed by atoms with E-state index in [0.29, 0.717) is 0 Å². The zero-order valence-corrected chi connectivity index (χ0v) is 8.36. The molecule has 0 aliphatic rings. The van der Waals surface area contributed by atoms with E-state index in [1.807, 2.05) is 0 Å². The van der Waals surface area contributed by atoms with Crippen LogP contribution < -0.4 is 0 Å². The van der Waals surface area contributed by atoms with Gasteiger partial charge in [-0.05, 0) is 6.42 Å². The lowest BCUT2D eigenvalue weighted by atomic mass is 10.3. The predicted octanol–water partition coefficient (Wildman–Crippen LogP) is -0.377. The molecule has 0 aromatic carbocycles. The second-order valence-corrected chi connectivity index (χ2v) is 2.89. The number of hydrogen-bond acceptors (Lipinski definition) is 6. The summed E-state index contributed by atoms with van der Waals surface area (Å²) < 4.78 is 28.9. The number of aliphatic hydroxyl groups excluding tert-OH is 1. The standard InChI is InChI=1S/C7H12O6S/c1-3-5(8)7(13-14(10)11)12-6(9)4-2/h4-5,7-8H,2-3H2,1H3,(H,10,11)/p-1. The third-order valence-electron chi connectivity index (χ3n) is 1.30. The smallest absolute Gasteiger partial charge is 0.332 e. The molecule has 7 heteroatoms. The maximum absolute atomic E-state index is 10.7. The van der Waals surface area contributed by atoms with Gasteiger partial charge in [0.05, 0.1) is 11.4 Å². The van der Waals surface area contributed by atoms with Gasteiger partial charge in [-0.3, -0.25) is 4.18 Å². The number of carbonyl (C=O) groups is 1. The van der Waals surface area contributed by atoms with Crippen LogP contribution in [0.25, 0.3) is 0 Å². The predicted molar refractivity (Wildman–Crippen MR) is 46.4 cm³/mol. The summed E-state index contributed by atoms with van der Waals surface area (Å²) >= 11 is -2.86. The lowest BCUT2D eigenvalue weighted by Crippen LogP contribution is -2.33. The third kappa shape index (κ3) is 5.07. The van der Waals surface area contributed by atoms with Crippen molar-refractivity contribution >= 4 is 17.3 Å². The monoisotopic (exact) mass is 223 g/mol. The Kier molecular flexibility index (Phi) is 6.30. The number of aliphatic hydroxyl groups is 1. The van der Waals surface area contributed by atoms with E-state index in [4.69, 9.17) is 0 Å². The molecule has 0 bridgehead atoms. The number of esters is 1. The molecule has 0 amide bonds. The largest absolute Gasteiger partial charge is 0.750 e. The van der Waals surface area contributed by atoms with Crippen LogP contribution in [-0.4, -0.2) is 32.2 Å². The molecule has 6 nitrogen and oxygen atoms in total. The SMILES string of the molecule is C=CC(=O)OC(OS(=O)[O-])C(O)CC. The maximum Gasteiger partial charge on any atom is 0.332 e. The molecule has 3 unspecified atom stereocenters. The number of carbonyl (C=O) groups excluding carboxylic acids is 1. The average molecular weight is 223 g/mol. The van der Waals surface area contributed by atoms with Gasteiger partial charge >= 0.3 is 5.97 Å². The molecule has 14 heavy (non-hydrogen) atoms. The molecule has 0 saturated carbocycles. The Balaban J connectivity index is 4.30. The summed E-state index contributed by atoms with van der Waals surface area (Å²) in [4.78, 5) is 10.7. The molecule has 1 N–H and O–H groups in total. The Labute approximate surface area is 84.0 Å². The van der Waals surface area contributed by atoms with Crippen LogP contribution in [-0.2, 0) is 25.1 Å². The highest BCUT2D eigenvalue weighted by Crippen LogP contribution is 2.07. The van der Waals surface area contributed by atoms with Gasteiger partial charge < -0.3 is 14.4 Å². The molecule has 0 radical (unpaired) electrons. The summed E-state index contributed by atoms with van der Waals surface area (Å²) in [7, 11) is 0. The van der Waals surface area contributed by atoms with Gasteiger partial charge in [0.2, 0.25) is 6.29 Å². The van der Waals surface area contributed by atoms with Gasteiger partial charge in [0, 0.05) is 6.08 Å². The van der Waals surface area contributed by atoms with Gasteiger partial charge in [-0.2, -0.15) is 0 Å². The number of hydrogen-bond donors (Lipinski definition) is 1. The molecule has 0 aliphatic carbocycles. The van der Waals surface area contributed by atoms with E-state index in [9.17, 15) is 18.7 Å². The van der Waals surface area contributed by atoms with Crippen molar-refractivity contribution in [2.75, 3.05) is 0 Å². The Bertz CT molecular complexity index is 228. The molecule has 0 aromatic rings. The molecule has 0 rings (SSSR count). The van der Waals surface area contributed by atoms with Gasteiger partial charge in [0.1, 0.15) is 6.10 Å². The quantitative estimate of drug-likeness (QED) is 0.285. The van der Waals surface area contributed by atoms with E-state index in [2.05, 4.69) is 15.5 Å². The summed E-state index contributed by atoms with van der Waals surface area (Å²) in [6.07, 6.45) is -1.70. The minimum atomic E-state index is -2.86. The second-order valence-electron chi connectivity index (χ2n) is 2.29. The molecule has 0 fully saturated rings. The zero-order valence-electron chi connectivity index (χ0n) is 7.54. The first-order valence-electron chi connectivity index (χ1n) is 3.78. The minimum absolute atomic E-state index is 0.187. The van der Waals surface area contributed by atoms with Crippen molar-refractivity contribution in [3.05, 3.63) is 12.7 Å². The van der Waals surface area contributed by atoms with E-state index in [1.165, 1.54) is 0 Å². The molecule has 82 valence electrons. The Morgan fingerprint density at radius 3 is 2.71 bits per heavy atom. The maximum atomic E-state index is 10.7. The van der Waals surface area contributed by atoms with Crippen molar-refractivity contribution in [3.8, 4) is 0 Å². The van der Waals surface area contributed by atoms with Crippen molar-refractivity contribution < 1.29 is 27.6 Å². The normalized spacial score (nSPS) is 16.8. The third-order valence-corrected chi connectivity index (χ3v) is 1.65. The van der Waals surface area contributed by atoms with Crippen molar-refractivity contribution in [1.29, 1.82) is 0 Å². The zero-order chi connectivity index (χ0) is 11.1. The van der Waals surface area contributed by atoms with Gasteiger partial charge in [-0.25, -0.2) is 9.00 Å². The summed E-state index contributed by atoms with van der Waals surface area (Å²) in [5.41, 5.74) is 0. The Morgan fingerprint density at radius 1 is 1.79 bits per heavy atom. The summed E-state index contributed by atoms with van der Waals surface area (Å²) in [5, 5.41) is 9.20. The van der Waals surface area contributed by atoms with E-state index in [-0.39, 0.29) is 6.42 Å². The Morgan fingerprint density at radius 2 is 2.36 bits per heavy atom. The van der Waals surface area contributed by atoms with Crippen LogP contribution in [0.15, 0.2) is 12.7 Å². The topological polar surface area (TPSA) is 95.9 Å². The molecule has 0 saturated heterocycles. The fourth-order valence-electron chi connectivity index (χ4n) is 0.595. The highest BCUT2D eigenvalue weighted by molar-refractivity contribution is 7.74. The van der Waals surface area contributed by atoms with Crippen molar-refractivity contribution in [3.63, 3.8) is 0 Å². The van der Waals surface area contributed by atoms with Crippen LogP contribution >= 0.6 is 0 Å². The first-order valence-corrected chi connectivity index (χ1v) is 4.78. The molecule has 0 aromatic heterocycles. The minimum Gasteiger partial charge on any atom is -0.750 e. The van der Waals surface area contributed by atoms with Gasteiger partial charge in [-0.1, -0.05) is 13.5 Å².